The Labute approximate surface area is 419 Å². The summed E-state index contributed by atoms with van der Waals surface area (Å²) in [6.45, 7) is 0. The minimum atomic E-state index is -0.402. The van der Waals surface area contributed by atoms with Gasteiger partial charge >= 0.3 is 0 Å². The SMILES string of the molecule is c1ccc(C2=Nc3nc(-n4c5ccccc5c5ccc6c(c7ccccc7n6-c6ccccc6)c54)n(-c4ccccc4)c3NC2n2c3c(c4ccccc42)-c2c(c4ccccc4n2-c2ccccc2)CC3)cc1. The van der Waals surface area contributed by atoms with E-state index in [9.17, 15) is 0 Å². The molecule has 2 aliphatic rings. The van der Waals surface area contributed by atoms with Gasteiger partial charge in [-0.25, -0.2) is 4.99 Å². The first kappa shape index (κ1) is 40.1. The summed E-state index contributed by atoms with van der Waals surface area (Å²) in [4.78, 5) is 11.5. The molecule has 1 aliphatic carbocycles. The number of aromatic nitrogens is 6. The maximum absolute atomic E-state index is 5.76. The Morgan fingerprint density at radius 3 is 1.63 bits per heavy atom. The second kappa shape index (κ2) is 15.4. The third-order valence-corrected chi connectivity index (χ3v) is 15.5. The molecule has 0 saturated carbocycles. The zero-order valence-corrected chi connectivity index (χ0v) is 39.6. The van der Waals surface area contributed by atoms with Crippen LogP contribution in [0.4, 0.5) is 11.6 Å². The van der Waals surface area contributed by atoms with Crippen LogP contribution < -0.4 is 5.32 Å². The molecule has 1 unspecified atom stereocenters. The summed E-state index contributed by atoms with van der Waals surface area (Å²) in [6, 6.07) is 82.9. The first-order chi connectivity index (χ1) is 36.3. The fourth-order valence-electron chi connectivity index (χ4n) is 12.6. The lowest BCUT2D eigenvalue weighted by molar-refractivity contribution is 0.675. The van der Waals surface area contributed by atoms with E-state index in [0.717, 1.165) is 91.3 Å². The largest absolute Gasteiger partial charge is 0.342 e. The van der Waals surface area contributed by atoms with Crippen LogP contribution >= 0.6 is 0 Å². The van der Waals surface area contributed by atoms with Crippen molar-refractivity contribution in [1.29, 1.82) is 0 Å². The highest BCUT2D eigenvalue weighted by molar-refractivity contribution is 6.26. The first-order valence-electron chi connectivity index (χ1n) is 25.2. The van der Waals surface area contributed by atoms with Gasteiger partial charge in [0.05, 0.1) is 50.2 Å². The molecule has 9 aromatic carbocycles. The van der Waals surface area contributed by atoms with E-state index in [1.165, 1.54) is 49.6 Å². The van der Waals surface area contributed by atoms with Gasteiger partial charge < -0.3 is 19.0 Å². The summed E-state index contributed by atoms with van der Waals surface area (Å²) in [7, 11) is 0. The van der Waals surface area contributed by atoms with Crippen LogP contribution in [0.3, 0.4) is 0 Å². The Kier molecular flexibility index (Phi) is 8.47. The third-order valence-electron chi connectivity index (χ3n) is 15.5. The number of hydrogen-bond donors (Lipinski definition) is 1. The zero-order valence-electron chi connectivity index (χ0n) is 39.6. The maximum Gasteiger partial charge on any atom is 0.223 e. The van der Waals surface area contributed by atoms with Crippen LogP contribution in [0.15, 0.2) is 236 Å². The number of aliphatic imine (C=N–C) groups is 1. The smallest absolute Gasteiger partial charge is 0.223 e. The molecular weight excluding hydrogens is 893 g/mol. The average molecular weight is 937 g/mol. The van der Waals surface area contributed by atoms with Gasteiger partial charge in [-0.15, -0.1) is 0 Å². The zero-order chi connectivity index (χ0) is 47.7. The van der Waals surface area contributed by atoms with Gasteiger partial charge in [-0.2, -0.15) is 4.98 Å². The number of aryl methyl sites for hydroxylation is 1. The highest BCUT2D eigenvalue weighted by Crippen LogP contribution is 2.50. The predicted octanol–water partition coefficient (Wildman–Crippen LogP) is 15.5. The van der Waals surface area contributed by atoms with Crippen LogP contribution in [0.2, 0.25) is 0 Å². The summed E-state index contributed by atoms with van der Waals surface area (Å²) in [5, 5.41) is 11.4. The van der Waals surface area contributed by atoms with Crippen LogP contribution in [0.5, 0.6) is 0 Å². The van der Waals surface area contributed by atoms with E-state index < -0.39 is 6.17 Å². The van der Waals surface area contributed by atoms with Gasteiger partial charge in [0.25, 0.3) is 0 Å². The Morgan fingerprint density at radius 1 is 0.411 bits per heavy atom. The molecule has 344 valence electrons. The predicted molar refractivity (Wildman–Crippen MR) is 299 cm³/mol. The molecule has 8 heteroatoms. The number of nitrogens with one attached hydrogen (secondary N) is 1. The molecule has 1 atom stereocenters. The summed E-state index contributed by atoms with van der Waals surface area (Å²) in [6.07, 6.45) is 1.37. The lowest BCUT2D eigenvalue weighted by atomic mass is 9.91. The Hall–Kier alpha value is -9.66. The van der Waals surface area contributed by atoms with Crippen molar-refractivity contribution in [3.63, 3.8) is 0 Å². The summed E-state index contributed by atoms with van der Waals surface area (Å²) in [5.74, 6) is 2.22. The van der Waals surface area contributed by atoms with Crippen molar-refractivity contribution in [3.05, 3.63) is 247 Å². The standard InChI is InChI=1S/C65H44N8/c1-5-21-41(22-6-1)59-63(72-54-36-20-16-32-50(54)58-56(72)40-38-47-45-29-13-17-33-51(45)70(60(47)58)43-25-9-3-10-26-43)68-64-62(66-59)67-65(71(64)44-27-11-4-12-28-44)73-52-34-18-14-30-46(52)48-37-39-55-57(61(48)73)49-31-15-19-35-53(49)69(55)42-23-7-2-8-24-42/h1-37,39,63,68H,38,40H2. The number of rotatable bonds is 6. The molecule has 0 saturated heterocycles. The van der Waals surface area contributed by atoms with Crippen LogP contribution in [-0.2, 0) is 12.8 Å². The monoisotopic (exact) mass is 936 g/mol. The van der Waals surface area contributed by atoms with Crippen LogP contribution in [-0.4, -0.2) is 33.5 Å². The Morgan fingerprint density at radius 2 is 0.945 bits per heavy atom. The number of hydrogen-bond acceptors (Lipinski definition) is 3. The topological polar surface area (TPSA) is 61.9 Å². The van der Waals surface area contributed by atoms with Gasteiger partial charge in [0.15, 0.2) is 11.6 Å². The van der Waals surface area contributed by atoms with Crippen molar-refractivity contribution in [1.82, 2.24) is 27.8 Å². The number of para-hydroxylation sites is 7. The van der Waals surface area contributed by atoms with E-state index in [1.54, 1.807) is 0 Å². The molecule has 1 N–H and O–H groups in total. The molecular formula is C65H44N8. The van der Waals surface area contributed by atoms with Crippen LogP contribution in [0.1, 0.15) is 23.0 Å². The van der Waals surface area contributed by atoms with E-state index in [1.807, 2.05) is 0 Å². The minimum absolute atomic E-state index is 0.402. The van der Waals surface area contributed by atoms with Gasteiger partial charge in [0.2, 0.25) is 5.95 Å². The molecule has 14 aromatic rings. The molecule has 0 spiro atoms. The van der Waals surface area contributed by atoms with Crippen molar-refractivity contribution in [2.45, 2.75) is 19.0 Å². The van der Waals surface area contributed by atoms with E-state index >= 15 is 0 Å². The summed E-state index contributed by atoms with van der Waals surface area (Å²) in [5.41, 5.74) is 17.2. The molecule has 73 heavy (non-hydrogen) atoms. The molecule has 5 aromatic heterocycles. The lowest BCUT2D eigenvalue weighted by Crippen LogP contribution is -2.32. The summed E-state index contributed by atoms with van der Waals surface area (Å²) < 4.78 is 12.1. The van der Waals surface area contributed by atoms with E-state index in [0.29, 0.717) is 5.82 Å². The van der Waals surface area contributed by atoms with Gasteiger partial charge in [0.1, 0.15) is 6.17 Å². The maximum atomic E-state index is 5.76. The van der Waals surface area contributed by atoms with Crippen molar-refractivity contribution >= 4 is 82.8 Å². The van der Waals surface area contributed by atoms with Gasteiger partial charge in [-0.3, -0.25) is 9.13 Å². The second-order valence-electron chi connectivity index (χ2n) is 19.3. The summed E-state index contributed by atoms with van der Waals surface area (Å²) >= 11 is 0. The highest BCUT2D eigenvalue weighted by atomic mass is 15.4. The minimum Gasteiger partial charge on any atom is -0.342 e. The number of imidazole rings is 1. The highest BCUT2D eigenvalue weighted by Gasteiger charge is 2.38. The number of nitrogens with zero attached hydrogens (tertiary/aromatic N) is 7. The second-order valence-corrected chi connectivity index (χ2v) is 19.3. The van der Waals surface area contributed by atoms with Crippen molar-refractivity contribution in [2.24, 2.45) is 4.99 Å². The molecule has 0 amide bonds. The molecule has 8 nitrogen and oxygen atoms in total. The Balaban J connectivity index is 0.990. The van der Waals surface area contributed by atoms with E-state index in [-0.39, 0.29) is 0 Å². The van der Waals surface area contributed by atoms with Crippen LogP contribution in [0, 0.1) is 0 Å². The van der Waals surface area contributed by atoms with Crippen LogP contribution in [0.25, 0.3) is 99.7 Å². The fraction of sp³-hybridized carbons (Fsp3) is 0.0462. The molecule has 0 bridgehead atoms. The molecule has 0 fully saturated rings. The normalized spacial score (nSPS) is 14.2. The van der Waals surface area contributed by atoms with Crippen molar-refractivity contribution in [3.8, 4) is 34.3 Å². The van der Waals surface area contributed by atoms with Crippen molar-refractivity contribution < 1.29 is 0 Å². The molecule has 1 aliphatic heterocycles. The number of benzene rings is 9. The van der Waals surface area contributed by atoms with Gasteiger partial charge in [0, 0.05) is 60.5 Å². The quantitative estimate of drug-likeness (QED) is 0.181. The molecule has 6 heterocycles. The average Bonchev–Trinajstić information content (AvgIpc) is 4.30. The van der Waals surface area contributed by atoms with Crippen molar-refractivity contribution in [2.75, 3.05) is 5.32 Å². The lowest BCUT2D eigenvalue weighted by Gasteiger charge is -2.31. The molecule has 16 rings (SSSR count). The number of anilines is 1. The molecule has 0 radical (unpaired) electrons. The third kappa shape index (κ3) is 5.66. The Bertz CT molecular complexity index is 4570. The van der Waals surface area contributed by atoms with E-state index in [2.05, 4.69) is 259 Å². The number of fused-ring (bicyclic) bond motifs is 15. The van der Waals surface area contributed by atoms with Gasteiger partial charge in [-0.1, -0.05) is 164 Å². The van der Waals surface area contributed by atoms with Gasteiger partial charge in [-0.05, 0) is 85.1 Å². The first-order valence-corrected chi connectivity index (χ1v) is 25.2. The van der Waals surface area contributed by atoms with E-state index in [4.69, 9.17) is 9.98 Å². The fourth-order valence-corrected chi connectivity index (χ4v) is 12.6.